The van der Waals surface area contributed by atoms with E-state index < -0.39 is 0 Å². The van der Waals surface area contributed by atoms with Crippen LogP contribution in [0.15, 0.2) is 29.5 Å². The molecule has 1 atom stereocenters. The van der Waals surface area contributed by atoms with Crippen molar-refractivity contribution < 1.29 is 0 Å². The highest BCUT2D eigenvalue weighted by Gasteiger charge is 2.06. The summed E-state index contributed by atoms with van der Waals surface area (Å²) in [5.41, 5.74) is 0.416. The van der Waals surface area contributed by atoms with E-state index in [1.54, 1.807) is 31.6 Å². The van der Waals surface area contributed by atoms with Gasteiger partial charge in [0.2, 0.25) is 0 Å². The van der Waals surface area contributed by atoms with Crippen LogP contribution in [0.4, 0.5) is 0 Å². The highest BCUT2D eigenvalue weighted by molar-refractivity contribution is 5.42. The van der Waals surface area contributed by atoms with Gasteiger partial charge in [0.15, 0.2) is 0 Å². The summed E-state index contributed by atoms with van der Waals surface area (Å²) in [6.07, 6.45) is 4.94. The predicted molar refractivity (Wildman–Crippen MR) is 54.2 cm³/mol. The molecule has 0 radical (unpaired) electrons. The van der Waals surface area contributed by atoms with E-state index in [0.717, 1.165) is 0 Å². The fraction of sp³-hybridized carbons (Fsp3) is 0.300. The summed E-state index contributed by atoms with van der Waals surface area (Å²) in [4.78, 5) is 11.8. The minimum atomic E-state index is -0.173. The summed E-state index contributed by atoms with van der Waals surface area (Å²) < 4.78 is 3.06. The summed E-state index contributed by atoms with van der Waals surface area (Å²) in [6, 6.07) is 3.76. The number of nitrogens with zero attached hydrogens (tertiary/aromatic N) is 4. The Morgan fingerprint density at radius 1 is 1.60 bits per heavy atom. The lowest BCUT2D eigenvalue weighted by Crippen LogP contribution is -2.23. The SMILES string of the molecule is CC(C#N)Cn1ccn2nccc2c1=O. The molecule has 0 aliphatic rings. The van der Waals surface area contributed by atoms with Crippen molar-refractivity contribution in [3.05, 3.63) is 35.0 Å². The van der Waals surface area contributed by atoms with Crippen LogP contribution < -0.4 is 5.56 Å². The molecule has 5 heteroatoms. The Hall–Kier alpha value is -2.09. The number of rotatable bonds is 2. The first-order chi connectivity index (χ1) is 7.22. The van der Waals surface area contributed by atoms with E-state index >= 15 is 0 Å². The minimum Gasteiger partial charge on any atom is -0.311 e. The number of hydrogen-bond acceptors (Lipinski definition) is 3. The Kier molecular flexibility index (Phi) is 2.26. The molecule has 15 heavy (non-hydrogen) atoms. The summed E-state index contributed by atoms with van der Waals surface area (Å²) in [7, 11) is 0. The molecule has 1 unspecified atom stereocenters. The third kappa shape index (κ3) is 1.62. The Morgan fingerprint density at radius 2 is 2.40 bits per heavy atom. The Morgan fingerprint density at radius 3 is 3.13 bits per heavy atom. The number of fused-ring (bicyclic) bond motifs is 1. The molecule has 2 rings (SSSR count). The zero-order valence-electron chi connectivity index (χ0n) is 8.29. The maximum absolute atomic E-state index is 11.8. The maximum atomic E-state index is 11.8. The Labute approximate surface area is 86.2 Å². The van der Waals surface area contributed by atoms with Crippen LogP contribution in [-0.4, -0.2) is 14.2 Å². The van der Waals surface area contributed by atoms with Crippen LogP contribution in [0.1, 0.15) is 6.92 Å². The average Bonchev–Trinajstić information content (AvgIpc) is 2.70. The van der Waals surface area contributed by atoms with Gasteiger partial charge < -0.3 is 4.57 Å². The molecule has 0 aliphatic carbocycles. The van der Waals surface area contributed by atoms with Gasteiger partial charge in [0.05, 0.1) is 18.2 Å². The van der Waals surface area contributed by atoms with Gasteiger partial charge in [0.1, 0.15) is 5.52 Å². The van der Waals surface area contributed by atoms with Crippen molar-refractivity contribution in [3.8, 4) is 6.07 Å². The second-order valence-corrected chi connectivity index (χ2v) is 3.45. The van der Waals surface area contributed by atoms with Gasteiger partial charge in [-0.2, -0.15) is 10.4 Å². The van der Waals surface area contributed by atoms with Gasteiger partial charge in [-0.15, -0.1) is 0 Å². The van der Waals surface area contributed by atoms with Gasteiger partial charge in [-0.05, 0) is 13.0 Å². The molecule has 2 aromatic rings. The molecule has 0 saturated carbocycles. The molecule has 2 heterocycles. The molecule has 0 spiro atoms. The molecule has 5 nitrogen and oxygen atoms in total. The molecule has 0 N–H and O–H groups in total. The summed E-state index contributed by atoms with van der Waals surface area (Å²) in [5.74, 6) is -0.173. The number of nitriles is 1. The summed E-state index contributed by atoms with van der Waals surface area (Å²) in [5, 5.41) is 12.6. The van der Waals surface area contributed by atoms with E-state index in [1.165, 1.54) is 9.08 Å². The monoisotopic (exact) mass is 202 g/mol. The van der Waals surface area contributed by atoms with E-state index in [9.17, 15) is 4.79 Å². The van der Waals surface area contributed by atoms with E-state index in [-0.39, 0.29) is 11.5 Å². The lowest BCUT2D eigenvalue weighted by molar-refractivity contribution is 0.562. The van der Waals surface area contributed by atoms with Crippen LogP contribution in [0.2, 0.25) is 0 Å². The zero-order chi connectivity index (χ0) is 10.8. The second kappa shape index (κ2) is 3.58. The van der Waals surface area contributed by atoms with Gasteiger partial charge in [-0.25, -0.2) is 4.52 Å². The molecule has 76 valence electrons. The minimum absolute atomic E-state index is 0.114. The molecular weight excluding hydrogens is 192 g/mol. The first-order valence-corrected chi connectivity index (χ1v) is 4.65. The smallest absolute Gasteiger partial charge is 0.276 e. The molecule has 2 aromatic heterocycles. The number of hydrogen-bond donors (Lipinski definition) is 0. The fourth-order valence-corrected chi connectivity index (χ4v) is 1.44. The van der Waals surface area contributed by atoms with Gasteiger partial charge in [0.25, 0.3) is 5.56 Å². The first-order valence-electron chi connectivity index (χ1n) is 4.65. The lowest BCUT2D eigenvalue weighted by atomic mass is 10.2. The maximum Gasteiger partial charge on any atom is 0.276 e. The highest BCUT2D eigenvalue weighted by Crippen LogP contribution is 1.98. The highest BCUT2D eigenvalue weighted by atomic mass is 16.1. The molecular formula is C10H10N4O. The van der Waals surface area contributed by atoms with Crippen molar-refractivity contribution in [1.29, 1.82) is 5.26 Å². The van der Waals surface area contributed by atoms with E-state index in [0.29, 0.717) is 12.1 Å². The molecule has 0 bridgehead atoms. The van der Waals surface area contributed by atoms with E-state index in [4.69, 9.17) is 5.26 Å². The second-order valence-electron chi connectivity index (χ2n) is 3.45. The van der Waals surface area contributed by atoms with Crippen molar-refractivity contribution in [2.45, 2.75) is 13.5 Å². The predicted octanol–water partition coefficient (Wildman–Crippen LogP) is 0.656. The Balaban J connectivity index is 2.50. The van der Waals surface area contributed by atoms with Crippen LogP contribution in [-0.2, 0) is 6.54 Å². The molecule has 0 aliphatic heterocycles. The van der Waals surface area contributed by atoms with E-state index in [1.807, 2.05) is 0 Å². The molecule has 0 amide bonds. The van der Waals surface area contributed by atoms with Gasteiger partial charge >= 0.3 is 0 Å². The van der Waals surface area contributed by atoms with Gasteiger partial charge in [0, 0.05) is 18.9 Å². The Bertz CT molecular complexity index is 575. The van der Waals surface area contributed by atoms with Crippen LogP contribution in [0.3, 0.4) is 0 Å². The summed E-state index contributed by atoms with van der Waals surface area (Å²) >= 11 is 0. The van der Waals surface area contributed by atoms with Crippen molar-refractivity contribution >= 4 is 5.52 Å². The average molecular weight is 202 g/mol. The fourth-order valence-electron chi connectivity index (χ4n) is 1.44. The van der Waals surface area contributed by atoms with Crippen LogP contribution in [0, 0.1) is 17.2 Å². The normalized spacial score (nSPS) is 12.5. The molecule has 0 aromatic carbocycles. The van der Waals surface area contributed by atoms with Gasteiger partial charge in [-0.3, -0.25) is 4.79 Å². The van der Waals surface area contributed by atoms with Crippen molar-refractivity contribution in [2.75, 3.05) is 0 Å². The van der Waals surface area contributed by atoms with Crippen LogP contribution in [0.5, 0.6) is 0 Å². The van der Waals surface area contributed by atoms with Crippen LogP contribution in [0.25, 0.3) is 5.52 Å². The van der Waals surface area contributed by atoms with Crippen molar-refractivity contribution in [1.82, 2.24) is 14.2 Å². The third-order valence-corrected chi connectivity index (χ3v) is 2.23. The summed E-state index contributed by atoms with van der Waals surface area (Å²) in [6.45, 7) is 2.20. The topological polar surface area (TPSA) is 63.1 Å². The standard InChI is InChI=1S/C10H10N4O/c1-8(6-11)7-13-4-5-14-9(10(13)15)2-3-12-14/h2-5,8H,7H2,1H3. The largest absolute Gasteiger partial charge is 0.311 e. The van der Waals surface area contributed by atoms with Crippen molar-refractivity contribution in [2.24, 2.45) is 5.92 Å². The zero-order valence-corrected chi connectivity index (χ0v) is 8.29. The molecule has 0 saturated heterocycles. The van der Waals surface area contributed by atoms with E-state index in [2.05, 4.69) is 11.2 Å². The molecule has 0 fully saturated rings. The quantitative estimate of drug-likeness (QED) is 0.718. The third-order valence-electron chi connectivity index (χ3n) is 2.23. The lowest BCUT2D eigenvalue weighted by Gasteiger charge is -2.06. The number of aromatic nitrogens is 3. The van der Waals surface area contributed by atoms with Gasteiger partial charge in [-0.1, -0.05) is 0 Å². The first kappa shape index (κ1) is 9.46. The van der Waals surface area contributed by atoms with Crippen molar-refractivity contribution in [3.63, 3.8) is 0 Å². The van der Waals surface area contributed by atoms with Crippen LogP contribution >= 0.6 is 0 Å².